The van der Waals surface area contributed by atoms with Gasteiger partial charge in [-0.2, -0.15) is 0 Å². The van der Waals surface area contributed by atoms with E-state index < -0.39 is 0 Å². The molecule has 1 aromatic rings. The summed E-state index contributed by atoms with van der Waals surface area (Å²) in [7, 11) is 1.58. The Morgan fingerprint density at radius 2 is 2.40 bits per heavy atom. The number of carbonyl (C=O) groups excluding carboxylic acids is 1. The number of rotatable bonds is 3. The normalized spacial score (nSPS) is 28.5. The number of carbonyl (C=O) groups is 1. The first kappa shape index (κ1) is 13.4. The molecule has 2 fully saturated rings. The first-order valence-corrected chi connectivity index (χ1v) is 7.26. The van der Waals surface area contributed by atoms with Crippen LogP contribution in [0.3, 0.4) is 0 Å². The molecule has 3 atom stereocenters. The van der Waals surface area contributed by atoms with E-state index in [9.17, 15) is 4.79 Å². The van der Waals surface area contributed by atoms with E-state index in [-0.39, 0.29) is 5.91 Å². The highest BCUT2D eigenvalue weighted by molar-refractivity contribution is 5.97. The highest BCUT2D eigenvalue weighted by Gasteiger charge is 2.45. The molecule has 2 saturated heterocycles. The lowest BCUT2D eigenvalue weighted by molar-refractivity contribution is 0.0708. The summed E-state index contributed by atoms with van der Waals surface area (Å²) < 4.78 is 5.27. The summed E-state index contributed by atoms with van der Waals surface area (Å²) in [5, 5.41) is 3.44. The minimum atomic E-state index is 0.0745. The van der Waals surface area contributed by atoms with Gasteiger partial charge < -0.3 is 15.0 Å². The number of fused-ring (bicyclic) bond motifs is 1. The highest BCUT2D eigenvalue weighted by Crippen LogP contribution is 2.35. The van der Waals surface area contributed by atoms with Crippen LogP contribution in [0.2, 0.25) is 0 Å². The molecular formula is C15H21N3O2. The van der Waals surface area contributed by atoms with Crippen molar-refractivity contribution < 1.29 is 9.53 Å². The Labute approximate surface area is 119 Å². The zero-order valence-corrected chi connectivity index (χ0v) is 12.0. The van der Waals surface area contributed by atoms with Gasteiger partial charge in [0.05, 0.1) is 18.9 Å². The maximum absolute atomic E-state index is 12.8. The summed E-state index contributed by atoms with van der Waals surface area (Å²) in [6.07, 6.45) is 4.25. The fraction of sp³-hybridized carbons (Fsp3) is 0.600. The highest BCUT2D eigenvalue weighted by atomic mass is 16.5. The van der Waals surface area contributed by atoms with E-state index in [1.807, 2.05) is 4.90 Å². The minimum absolute atomic E-state index is 0.0745. The van der Waals surface area contributed by atoms with Crippen molar-refractivity contribution in [2.24, 2.45) is 11.8 Å². The van der Waals surface area contributed by atoms with Crippen molar-refractivity contribution in [2.45, 2.75) is 19.4 Å². The number of hydrogen-bond donors (Lipinski definition) is 1. The third-order valence-electron chi connectivity index (χ3n) is 4.63. The van der Waals surface area contributed by atoms with Crippen LogP contribution in [-0.4, -0.2) is 48.6 Å². The number of pyridine rings is 1. The van der Waals surface area contributed by atoms with E-state index >= 15 is 0 Å². The molecule has 0 bridgehead atoms. The Balaban J connectivity index is 1.87. The number of aromatic nitrogens is 1. The van der Waals surface area contributed by atoms with Crippen molar-refractivity contribution >= 4 is 5.91 Å². The van der Waals surface area contributed by atoms with Gasteiger partial charge in [-0.15, -0.1) is 0 Å². The van der Waals surface area contributed by atoms with Crippen molar-refractivity contribution in [2.75, 3.05) is 26.7 Å². The van der Waals surface area contributed by atoms with Crippen LogP contribution in [0.5, 0.6) is 5.75 Å². The van der Waals surface area contributed by atoms with Gasteiger partial charge in [-0.3, -0.25) is 9.78 Å². The Morgan fingerprint density at radius 1 is 1.55 bits per heavy atom. The van der Waals surface area contributed by atoms with Crippen molar-refractivity contribution in [1.82, 2.24) is 15.2 Å². The molecule has 5 nitrogen and oxygen atoms in total. The molecule has 1 N–H and O–H groups in total. The topological polar surface area (TPSA) is 54.5 Å². The van der Waals surface area contributed by atoms with E-state index in [1.54, 1.807) is 25.6 Å². The van der Waals surface area contributed by atoms with Crippen molar-refractivity contribution in [1.29, 1.82) is 0 Å². The van der Waals surface area contributed by atoms with Gasteiger partial charge in [0.2, 0.25) is 0 Å². The van der Waals surface area contributed by atoms with Gasteiger partial charge in [0, 0.05) is 31.9 Å². The van der Waals surface area contributed by atoms with Crippen LogP contribution in [0.4, 0.5) is 0 Å². The molecule has 2 aliphatic heterocycles. The molecule has 3 unspecified atom stereocenters. The lowest BCUT2D eigenvalue weighted by Crippen LogP contribution is -2.39. The molecular weight excluding hydrogens is 254 g/mol. The minimum Gasteiger partial charge on any atom is -0.494 e. The Kier molecular flexibility index (Phi) is 3.61. The van der Waals surface area contributed by atoms with Crippen molar-refractivity contribution in [3.05, 3.63) is 24.0 Å². The monoisotopic (exact) mass is 275 g/mol. The van der Waals surface area contributed by atoms with E-state index in [4.69, 9.17) is 4.74 Å². The maximum atomic E-state index is 12.8. The van der Waals surface area contributed by atoms with E-state index in [2.05, 4.69) is 17.2 Å². The number of amides is 1. The summed E-state index contributed by atoms with van der Waals surface area (Å²) in [5.41, 5.74) is 0.619. The fourth-order valence-electron chi connectivity index (χ4n) is 3.65. The number of hydrogen-bond acceptors (Lipinski definition) is 4. The molecule has 3 rings (SSSR count). The summed E-state index contributed by atoms with van der Waals surface area (Å²) in [6, 6.07) is 2.08. The van der Waals surface area contributed by atoms with Crippen LogP contribution < -0.4 is 10.1 Å². The smallest absolute Gasteiger partial charge is 0.258 e. The third-order valence-corrected chi connectivity index (χ3v) is 4.63. The summed E-state index contributed by atoms with van der Waals surface area (Å²) in [5.74, 6) is 1.82. The van der Waals surface area contributed by atoms with Gasteiger partial charge in [-0.05, 0) is 24.3 Å². The van der Waals surface area contributed by atoms with Crippen molar-refractivity contribution in [3.63, 3.8) is 0 Å². The van der Waals surface area contributed by atoms with Gasteiger partial charge in [0.15, 0.2) is 0 Å². The second kappa shape index (κ2) is 5.40. The molecule has 1 aromatic heterocycles. The van der Waals surface area contributed by atoms with E-state index in [0.29, 0.717) is 29.2 Å². The number of methoxy groups -OCH3 is 1. The molecule has 0 saturated carbocycles. The number of ether oxygens (including phenoxy) is 1. The van der Waals surface area contributed by atoms with Gasteiger partial charge in [0.25, 0.3) is 5.91 Å². The molecule has 2 aliphatic rings. The summed E-state index contributed by atoms with van der Waals surface area (Å²) in [4.78, 5) is 18.9. The predicted octanol–water partition coefficient (Wildman–Crippen LogP) is 1.16. The van der Waals surface area contributed by atoms with Gasteiger partial charge >= 0.3 is 0 Å². The standard InChI is InChI=1S/C15H21N3O2/c1-3-13-12-7-17-6-10(12)9-18(13)15(19)11-4-5-16-8-14(11)20-2/h4-5,8,10,12-13,17H,3,6-7,9H2,1-2H3. The van der Waals surface area contributed by atoms with Crippen LogP contribution in [0.1, 0.15) is 23.7 Å². The number of likely N-dealkylation sites (tertiary alicyclic amines) is 1. The summed E-state index contributed by atoms with van der Waals surface area (Å²) in [6.45, 7) is 5.06. The molecule has 20 heavy (non-hydrogen) atoms. The van der Waals surface area contributed by atoms with Crippen LogP contribution in [-0.2, 0) is 0 Å². The molecule has 108 valence electrons. The third kappa shape index (κ3) is 2.06. The first-order chi connectivity index (χ1) is 9.76. The predicted molar refractivity (Wildman–Crippen MR) is 75.8 cm³/mol. The molecule has 0 radical (unpaired) electrons. The Hall–Kier alpha value is -1.62. The molecule has 3 heterocycles. The van der Waals surface area contributed by atoms with E-state index in [0.717, 1.165) is 26.1 Å². The average molecular weight is 275 g/mol. The van der Waals surface area contributed by atoms with Gasteiger partial charge in [0.1, 0.15) is 5.75 Å². The summed E-state index contributed by atoms with van der Waals surface area (Å²) >= 11 is 0. The van der Waals surface area contributed by atoms with Crippen LogP contribution in [0.25, 0.3) is 0 Å². The molecule has 0 aromatic carbocycles. The van der Waals surface area contributed by atoms with Gasteiger partial charge in [-0.25, -0.2) is 0 Å². The van der Waals surface area contributed by atoms with Crippen molar-refractivity contribution in [3.8, 4) is 5.75 Å². The average Bonchev–Trinajstić information content (AvgIpc) is 3.06. The van der Waals surface area contributed by atoms with Crippen LogP contribution in [0.15, 0.2) is 18.5 Å². The largest absolute Gasteiger partial charge is 0.494 e. The first-order valence-electron chi connectivity index (χ1n) is 7.26. The van der Waals surface area contributed by atoms with Crippen LogP contribution in [0, 0.1) is 11.8 Å². The lowest BCUT2D eigenvalue weighted by Gasteiger charge is -2.27. The quantitative estimate of drug-likeness (QED) is 0.899. The van der Waals surface area contributed by atoms with Gasteiger partial charge in [-0.1, -0.05) is 6.92 Å². The SMILES string of the molecule is CCC1C2CNCC2CN1C(=O)c1ccncc1OC. The zero-order valence-electron chi connectivity index (χ0n) is 12.0. The number of nitrogens with one attached hydrogen (secondary N) is 1. The lowest BCUT2D eigenvalue weighted by atomic mass is 9.93. The van der Waals surface area contributed by atoms with Crippen LogP contribution >= 0.6 is 0 Å². The second-order valence-electron chi connectivity index (χ2n) is 5.59. The zero-order chi connectivity index (χ0) is 14.1. The Bertz CT molecular complexity index is 506. The Morgan fingerprint density at radius 3 is 3.15 bits per heavy atom. The second-order valence-corrected chi connectivity index (χ2v) is 5.59. The van der Waals surface area contributed by atoms with E-state index in [1.165, 1.54) is 0 Å². The maximum Gasteiger partial charge on any atom is 0.258 e. The molecule has 0 spiro atoms. The number of nitrogens with zero attached hydrogens (tertiary/aromatic N) is 2. The molecule has 1 amide bonds. The molecule has 5 heteroatoms. The fourth-order valence-corrected chi connectivity index (χ4v) is 3.65. The molecule has 0 aliphatic carbocycles.